The van der Waals surface area contributed by atoms with Gasteiger partial charge < -0.3 is 14.4 Å². The van der Waals surface area contributed by atoms with Gasteiger partial charge in [-0.2, -0.15) is 5.10 Å². The molecule has 1 atom stereocenters. The van der Waals surface area contributed by atoms with Crippen LogP contribution in [0.3, 0.4) is 0 Å². The average molecular weight is 427 g/mol. The molecule has 0 radical (unpaired) electrons. The lowest BCUT2D eigenvalue weighted by Crippen LogP contribution is -2.29. The summed E-state index contributed by atoms with van der Waals surface area (Å²) in [6.07, 6.45) is -0.685. The SMILES string of the molecule is COCC(C)(C)c1c(C[C@H](F)C(=O)O)c2cc3[nH]ncc3cc2n1-c1ccc(F)cc1. The van der Waals surface area contributed by atoms with E-state index in [0.717, 1.165) is 22.1 Å². The molecule has 2 aromatic heterocycles. The number of rotatable bonds is 7. The summed E-state index contributed by atoms with van der Waals surface area (Å²) in [6.45, 7) is 4.23. The van der Waals surface area contributed by atoms with Gasteiger partial charge in [-0.15, -0.1) is 0 Å². The average Bonchev–Trinajstić information content (AvgIpc) is 3.29. The zero-order valence-electron chi connectivity index (χ0n) is 17.4. The Morgan fingerprint density at radius 1 is 1.29 bits per heavy atom. The number of aliphatic carboxylic acids is 1. The van der Waals surface area contributed by atoms with Gasteiger partial charge in [0.15, 0.2) is 0 Å². The van der Waals surface area contributed by atoms with Crippen LogP contribution < -0.4 is 0 Å². The highest BCUT2D eigenvalue weighted by atomic mass is 19.1. The lowest BCUT2D eigenvalue weighted by atomic mass is 9.85. The minimum Gasteiger partial charge on any atom is -0.479 e. The fraction of sp³-hybridized carbons (Fsp3) is 0.304. The number of aromatic nitrogens is 3. The van der Waals surface area contributed by atoms with Crippen molar-refractivity contribution in [1.29, 1.82) is 0 Å². The molecular formula is C23H23F2N3O3. The lowest BCUT2D eigenvalue weighted by molar-refractivity contribution is -0.142. The van der Waals surface area contributed by atoms with E-state index in [-0.39, 0.29) is 12.2 Å². The maximum absolute atomic E-state index is 14.5. The summed E-state index contributed by atoms with van der Waals surface area (Å²) < 4.78 is 35.5. The normalized spacial score (nSPS) is 13.2. The van der Waals surface area contributed by atoms with E-state index in [0.29, 0.717) is 23.2 Å². The minimum absolute atomic E-state index is 0.303. The molecule has 0 unspecified atom stereocenters. The van der Waals surface area contributed by atoms with Crippen molar-refractivity contribution in [2.45, 2.75) is 31.9 Å². The number of carboxylic acid groups (broad SMARTS) is 1. The molecule has 162 valence electrons. The fourth-order valence-corrected chi connectivity index (χ4v) is 4.26. The van der Waals surface area contributed by atoms with Gasteiger partial charge in [0.1, 0.15) is 5.82 Å². The molecular weight excluding hydrogens is 404 g/mol. The van der Waals surface area contributed by atoms with E-state index in [1.54, 1.807) is 25.4 Å². The van der Waals surface area contributed by atoms with Crippen molar-refractivity contribution in [3.63, 3.8) is 0 Å². The molecule has 4 rings (SSSR count). The number of nitrogens with one attached hydrogen (secondary N) is 1. The van der Waals surface area contributed by atoms with Gasteiger partial charge in [-0.25, -0.2) is 13.6 Å². The molecule has 0 aliphatic rings. The van der Waals surface area contributed by atoms with Gasteiger partial charge in [0.05, 0.1) is 23.8 Å². The van der Waals surface area contributed by atoms with Crippen LogP contribution in [-0.2, 0) is 21.4 Å². The molecule has 2 aromatic carbocycles. The maximum atomic E-state index is 14.5. The summed E-state index contributed by atoms with van der Waals surface area (Å²) in [7, 11) is 1.58. The number of alkyl halides is 1. The topological polar surface area (TPSA) is 80.1 Å². The number of carbonyl (C=O) groups is 1. The predicted octanol–water partition coefficient (Wildman–Crippen LogP) is 4.54. The first-order chi connectivity index (χ1) is 14.7. The molecule has 0 bridgehead atoms. The zero-order valence-corrected chi connectivity index (χ0v) is 17.4. The Balaban J connectivity index is 2.12. The van der Waals surface area contributed by atoms with Crippen molar-refractivity contribution >= 4 is 27.8 Å². The van der Waals surface area contributed by atoms with Gasteiger partial charge in [-0.05, 0) is 42.0 Å². The molecule has 6 nitrogen and oxygen atoms in total. The van der Waals surface area contributed by atoms with E-state index >= 15 is 0 Å². The van der Waals surface area contributed by atoms with E-state index in [1.807, 2.05) is 30.5 Å². The molecule has 0 saturated carbocycles. The fourth-order valence-electron chi connectivity index (χ4n) is 4.26. The minimum atomic E-state index is -2.07. The number of aromatic amines is 1. The van der Waals surface area contributed by atoms with Gasteiger partial charge in [-0.3, -0.25) is 5.10 Å². The summed E-state index contributed by atoms with van der Waals surface area (Å²) in [5.41, 5.74) is 2.90. The first-order valence-electron chi connectivity index (χ1n) is 9.85. The molecule has 31 heavy (non-hydrogen) atoms. The first kappa shape index (κ1) is 21.0. The van der Waals surface area contributed by atoms with Crippen LogP contribution in [0.4, 0.5) is 8.78 Å². The molecule has 4 aromatic rings. The van der Waals surface area contributed by atoms with Crippen LogP contribution in [0.2, 0.25) is 0 Å². The Labute approximate surface area is 177 Å². The molecule has 0 aliphatic carbocycles. The van der Waals surface area contributed by atoms with Crippen LogP contribution in [-0.4, -0.2) is 45.7 Å². The third-order valence-electron chi connectivity index (χ3n) is 5.51. The monoisotopic (exact) mass is 427 g/mol. The summed E-state index contributed by atoms with van der Waals surface area (Å²) in [4.78, 5) is 11.3. The van der Waals surface area contributed by atoms with Gasteiger partial charge >= 0.3 is 5.97 Å². The number of fused-ring (bicyclic) bond motifs is 2. The number of hydrogen-bond donors (Lipinski definition) is 2. The van der Waals surface area contributed by atoms with E-state index in [4.69, 9.17) is 4.74 Å². The molecule has 0 amide bonds. The molecule has 8 heteroatoms. The Bertz CT molecular complexity index is 1260. The smallest absolute Gasteiger partial charge is 0.338 e. The van der Waals surface area contributed by atoms with Gasteiger partial charge in [-0.1, -0.05) is 13.8 Å². The second kappa shape index (κ2) is 7.77. The highest BCUT2D eigenvalue weighted by Crippen LogP contribution is 2.39. The number of nitrogens with zero attached hydrogens (tertiary/aromatic N) is 2. The molecule has 0 fully saturated rings. The predicted molar refractivity (Wildman–Crippen MR) is 114 cm³/mol. The van der Waals surface area contributed by atoms with Gasteiger partial charge in [0.2, 0.25) is 6.17 Å². The van der Waals surface area contributed by atoms with E-state index in [2.05, 4.69) is 10.2 Å². The number of methoxy groups -OCH3 is 1. The largest absolute Gasteiger partial charge is 0.479 e. The second-order valence-corrected chi connectivity index (χ2v) is 8.29. The maximum Gasteiger partial charge on any atom is 0.338 e. The van der Waals surface area contributed by atoms with Crippen molar-refractivity contribution in [2.24, 2.45) is 0 Å². The molecule has 0 saturated heterocycles. The number of halogens is 2. The quantitative estimate of drug-likeness (QED) is 0.454. The Hall–Kier alpha value is -3.26. The summed E-state index contributed by atoms with van der Waals surface area (Å²) in [5.74, 6) is -1.88. The third kappa shape index (κ3) is 3.67. The van der Waals surface area contributed by atoms with E-state index in [1.165, 1.54) is 12.1 Å². The van der Waals surface area contributed by atoms with Crippen molar-refractivity contribution in [2.75, 3.05) is 13.7 Å². The first-order valence-corrected chi connectivity index (χ1v) is 9.85. The summed E-state index contributed by atoms with van der Waals surface area (Å²) in [5, 5.41) is 17.8. The number of H-pyrrole nitrogens is 1. The standard InChI is InChI=1S/C23H23F2N3O3/c1-23(2,12-31-3)21-17(9-18(25)22(29)30)16-10-19-13(11-26-27-19)8-20(16)28(21)15-6-4-14(24)5-7-15/h4-8,10-11,18H,9,12H2,1-3H3,(H,26,27)(H,29,30)/t18-/m0/s1. The molecule has 2 heterocycles. The van der Waals surface area contributed by atoms with E-state index < -0.39 is 17.6 Å². The highest BCUT2D eigenvalue weighted by Gasteiger charge is 2.33. The number of benzene rings is 2. The van der Waals surface area contributed by atoms with Crippen LogP contribution in [0.15, 0.2) is 42.6 Å². The molecule has 0 spiro atoms. The van der Waals surface area contributed by atoms with Crippen LogP contribution in [0.25, 0.3) is 27.5 Å². The van der Waals surface area contributed by atoms with Crippen molar-refractivity contribution in [3.05, 3.63) is 59.7 Å². The molecule has 2 N–H and O–H groups in total. The van der Waals surface area contributed by atoms with Gasteiger partial charge in [0, 0.05) is 41.1 Å². The number of hydrogen-bond acceptors (Lipinski definition) is 3. The van der Waals surface area contributed by atoms with Crippen LogP contribution in [0, 0.1) is 5.82 Å². The highest BCUT2D eigenvalue weighted by molar-refractivity contribution is 5.99. The number of ether oxygens (including phenoxy) is 1. The third-order valence-corrected chi connectivity index (χ3v) is 5.51. The van der Waals surface area contributed by atoms with E-state index in [9.17, 15) is 18.7 Å². The Morgan fingerprint density at radius 3 is 2.65 bits per heavy atom. The Morgan fingerprint density at radius 2 is 2.00 bits per heavy atom. The van der Waals surface area contributed by atoms with Crippen LogP contribution >= 0.6 is 0 Å². The van der Waals surface area contributed by atoms with Gasteiger partial charge in [0.25, 0.3) is 0 Å². The van der Waals surface area contributed by atoms with Crippen molar-refractivity contribution in [1.82, 2.24) is 14.8 Å². The van der Waals surface area contributed by atoms with Crippen molar-refractivity contribution in [3.8, 4) is 5.69 Å². The lowest BCUT2D eigenvalue weighted by Gasteiger charge is -2.28. The number of carboxylic acids is 1. The van der Waals surface area contributed by atoms with Crippen molar-refractivity contribution < 1.29 is 23.4 Å². The summed E-state index contributed by atoms with van der Waals surface area (Å²) in [6, 6.07) is 9.79. The Kier molecular flexibility index (Phi) is 5.26. The van der Waals surface area contributed by atoms with Crippen LogP contribution in [0.5, 0.6) is 0 Å². The summed E-state index contributed by atoms with van der Waals surface area (Å²) >= 11 is 0. The zero-order chi connectivity index (χ0) is 22.3. The van der Waals surface area contributed by atoms with Crippen LogP contribution in [0.1, 0.15) is 25.1 Å². The molecule has 0 aliphatic heterocycles. The second-order valence-electron chi connectivity index (χ2n) is 8.29.